The topological polar surface area (TPSA) is 43.8 Å². The first-order valence-electron chi connectivity index (χ1n) is 7.22. The molecule has 1 aliphatic carbocycles. The van der Waals surface area contributed by atoms with Crippen molar-refractivity contribution in [2.75, 3.05) is 27.2 Å². The van der Waals surface area contributed by atoms with Crippen molar-refractivity contribution in [3.05, 3.63) is 0 Å². The Balaban J connectivity index is 1.85. The van der Waals surface area contributed by atoms with Gasteiger partial charge in [-0.3, -0.25) is 9.69 Å². The summed E-state index contributed by atoms with van der Waals surface area (Å²) >= 11 is 0. The predicted octanol–water partition coefficient (Wildman–Crippen LogP) is 1.09. The highest BCUT2D eigenvalue weighted by Crippen LogP contribution is 2.35. The number of aliphatic hydroxyl groups is 1. The first-order chi connectivity index (χ1) is 8.59. The largest absolute Gasteiger partial charge is 0.393 e. The molecule has 3 unspecified atom stereocenters. The Labute approximate surface area is 110 Å². The highest BCUT2D eigenvalue weighted by atomic mass is 16.3. The van der Waals surface area contributed by atoms with Gasteiger partial charge in [0, 0.05) is 39.0 Å². The Morgan fingerprint density at radius 1 is 1.28 bits per heavy atom. The van der Waals surface area contributed by atoms with Crippen LogP contribution in [0.4, 0.5) is 0 Å². The third-order valence-corrected chi connectivity index (χ3v) is 4.55. The van der Waals surface area contributed by atoms with E-state index >= 15 is 0 Å². The minimum Gasteiger partial charge on any atom is -0.393 e. The average molecular weight is 254 g/mol. The highest BCUT2D eigenvalue weighted by molar-refractivity contribution is 5.75. The van der Waals surface area contributed by atoms with Crippen LogP contribution in [0.5, 0.6) is 0 Å². The maximum Gasteiger partial charge on any atom is 0.223 e. The molecular formula is C14H26N2O2. The molecule has 18 heavy (non-hydrogen) atoms. The number of hydrogen-bond acceptors (Lipinski definition) is 3. The lowest BCUT2D eigenvalue weighted by molar-refractivity contribution is -0.129. The first kappa shape index (κ1) is 13.8. The molecule has 1 amide bonds. The van der Waals surface area contributed by atoms with E-state index in [2.05, 4.69) is 4.90 Å². The molecule has 1 heterocycles. The van der Waals surface area contributed by atoms with Crippen LogP contribution in [0.2, 0.25) is 0 Å². The molecule has 1 aliphatic heterocycles. The van der Waals surface area contributed by atoms with Crippen LogP contribution in [0.25, 0.3) is 0 Å². The summed E-state index contributed by atoms with van der Waals surface area (Å²) in [6.45, 7) is 1.94. The van der Waals surface area contributed by atoms with E-state index in [0.717, 1.165) is 32.4 Å². The van der Waals surface area contributed by atoms with E-state index in [1.807, 2.05) is 14.1 Å². The number of nitrogens with zero attached hydrogens (tertiary/aromatic N) is 2. The SMILES string of the molecule is CN(C)C(=O)CCN1CCCC1C1CCCC1O. The summed E-state index contributed by atoms with van der Waals surface area (Å²) in [6, 6.07) is 0.512. The van der Waals surface area contributed by atoms with Gasteiger partial charge in [0.1, 0.15) is 0 Å². The normalized spacial score (nSPS) is 32.9. The molecule has 1 saturated heterocycles. The summed E-state index contributed by atoms with van der Waals surface area (Å²) < 4.78 is 0. The average Bonchev–Trinajstić information content (AvgIpc) is 2.93. The predicted molar refractivity (Wildman–Crippen MR) is 71.3 cm³/mol. The van der Waals surface area contributed by atoms with Gasteiger partial charge in [-0.1, -0.05) is 6.42 Å². The quantitative estimate of drug-likeness (QED) is 0.817. The Morgan fingerprint density at radius 2 is 2.06 bits per heavy atom. The van der Waals surface area contributed by atoms with Gasteiger partial charge in [-0.05, 0) is 32.2 Å². The van der Waals surface area contributed by atoms with Crippen molar-refractivity contribution < 1.29 is 9.90 Å². The molecule has 0 bridgehead atoms. The molecule has 0 radical (unpaired) electrons. The molecule has 0 spiro atoms. The minimum absolute atomic E-state index is 0.111. The molecule has 2 rings (SSSR count). The van der Waals surface area contributed by atoms with Gasteiger partial charge in [0.2, 0.25) is 5.91 Å². The van der Waals surface area contributed by atoms with Crippen LogP contribution in [0.3, 0.4) is 0 Å². The fourth-order valence-electron chi connectivity index (χ4n) is 3.50. The van der Waals surface area contributed by atoms with Crippen molar-refractivity contribution >= 4 is 5.91 Å². The second kappa shape index (κ2) is 6.02. The molecule has 2 aliphatic rings. The zero-order valence-corrected chi connectivity index (χ0v) is 11.6. The third-order valence-electron chi connectivity index (χ3n) is 4.55. The van der Waals surface area contributed by atoms with Crippen molar-refractivity contribution in [2.24, 2.45) is 5.92 Å². The molecule has 1 N–H and O–H groups in total. The Kier molecular flexibility index (Phi) is 4.62. The van der Waals surface area contributed by atoms with Gasteiger partial charge in [0.15, 0.2) is 0 Å². The van der Waals surface area contributed by atoms with Gasteiger partial charge in [0.25, 0.3) is 0 Å². The van der Waals surface area contributed by atoms with Gasteiger partial charge in [-0.25, -0.2) is 0 Å². The van der Waals surface area contributed by atoms with Crippen LogP contribution in [0, 0.1) is 5.92 Å². The van der Waals surface area contributed by atoms with Crippen LogP contribution >= 0.6 is 0 Å². The van der Waals surface area contributed by atoms with E-state index < -0.39 is 0 Å². The van der Waals surface area contributed by atoms with Gasteiger partial charge in [0.05, 0.1) is 6.10 Å². The van der Waals surface area contributed by atoms with Gasteiger partial charge in [-0.15, -0.1) is 0 Å². The molecule has 104 valence electrons. The molecule has 4 heteroatoms. The Bertz CT molecular complexity index is 294. The first-order valence-corrected chi connectivity index (χ1v) is 7.22. The van der Waals surface area contributed by atoms with Crippen LogP contribution in [0.15, 0.2) is 0 Å². The molecular weight excluding hydrogens is 228 g/mol. The monoisotopic (exact) mass is 254 g/mol. The molecule has 1 saturated carbocycles. The summed E-state index contributed by atoms with van der Waals surface area (Å²) in [5.74, 6) is 0.648. The lowest BCUT2D eigenvalue weighted by Gasteiger charge is -2.31. The highest BCUT2D eigenvalue weighted by Gasteiger charge is 2.37. The number of hydrogen-bond donors (Lipinski definition) is 1. The number of carbonyl (C=O) groups excluding carboxylic acids is 1. The molecule has 2 fully saturated rings. The van der Waals surface area contributed by atoms with Crippen molar-refractivity contribution in [3.63, 3.8) is 0 Å². The fraction of sp³-hybridized carbons (Fsp3) is 0.929. The van der Waals surface area contributed by atoms with Crippen molar-refractivity contribution in [2.45, 2.75) is 50.7 Å². The number of carbonyl (C=O) groups is 1. The molecule has 0 aromatic rings. The Morgan fingerprint density at radius 3 is 2.67 bits per heavy atom. The second-order valence-corrected chi connectivity index (χ2v) is 5.95. The molecule has 0 aromatic carbocycles. The number of likely N-dealkylation sites (tertiary alicyclic amines) is 1. The van der Waals surface area contributed by atoms with Crippen molar-refractivity contribution in [1.29, 1.82) is 0 Å². The zero-order chi connectivity index (χ0) is 13.1. The molecule has 3 atom stereocenters. The number of rotatable bonds is 4. The van der Waals surface area contributed by atoms with E-state index in [9.17, 15) is 9.90 Å². The van der Waals surface area contributed by atoms with Gasteiger partial charge < -0.3 is 10.0 Å². The summed E-state index contributed by atoms with van der Waals surface area (Å²) in [6.07, 6.45) is 6.18. The maximum absolute atomic E-state index is 11.6. The second-order valence-electron chi connectivity index (χ2n) is 5.95. The molecule has 4 nitrogen and oxygen atoms in total. The van der Waals surface area contributed by atoms with Crippen LogP contribution < -0.4 is 0 Å². The van der Waals surface area contributed by atoms with Crippen molar-refractivity contribution in [1.82, 2.24) is 9.80 Å². The van der Waals surface area contributed by atoms with Crippen LogP contribution in [-0.2, 0) is 4.79 Å². The Hall–Kier alpha value is -0.610. The fourth-order valence-corrected chi connectivity index (χ4v) is 3.50. The molecule has 0 aromatic heterocycles. The lowest BCUT2D eigenvalue weighted by Crippen LogP contribution is -2.40. The van der Waals surface area contributed by atoms with Crippen LogP contribution in [-0.4, -0.2) is 60.1 Å². The van der Waals surface area contributed by atoms with E-state index in [-0.39, 0.29) is 12.0 Å². The van der Waals surface area contributed by atoms with E-state index in [1.165, 1.54) is 12.8 Å². The summed E-state index contributed by atoms with van der Waals surface area (Å²) in [5.41, 5.74) is 0. The standard InChI is InChI=1S/C14H26N2O2/c1-15(2)14(18)8-10-16-9-4-6-12(16)11-5-3-7-13(11)17/h11-13,17H,3-10H2,1-2H3. The lowest BCUT2D eigenvalue weighted by atomic mass is 9.94. The van der Waals surface area contributed by atoms with Gasteiger partial charge in [-0.2, -0.15) is 0 Å². The maximum atomic E-state index is 11.6. The van der Waals surface area contributed by atoms with Crippen molar-refractivity contribution in [3.8, 4) is 0 Å². The van der Waals surface area contributed by atoms with Gasteiger partial charge >= 0.3 is 0 Å². The van der Waals surface area contributed by atoms with Crippen LogP contribution in [0.1, 0.15) is 38.5 Å². The zero-order valence-electron chi connectivity index (χ0n) is 11.6. The van der Waals surface area contributed by atoms with E-state index in [1.54, 1.807) is 4.90 Å². The number of aliphatic hydroxyl groups excluding tert-OH is 1. The summed E-state index contributed by atoms with van der Waals surface area (Å²) in [5, 5.41) is 10.0. The third kappa shape index (κ3) is 3.04. The smallest absolute Gasteiger partial charge is 0.223 e. The van der Waals surface area contributed by atoms with E-state index in [4.69, 9.17) is 0 Å². The summed E-state index contributed by atoms with van der Waals surface area (Å²) in [7, 11) is 3.62. The number of amides is 1. The summed E-state index contributed by atoms with van der Waals surface area (Å²) in [4.78, 5) is 15.7. The van der Waals surface area contributed by atoms with E-state index in [0.29, 0.717) is 18.4 Å². The minimum atomic E-state index is -0.111.